The third-order valence-corrected chi connectivity index (χ3v) is 3.67. The van der Waals surface area contributed by atoms with Gasteiger partial charge in [0.15, 0.2) is 0 Å². The van der Waals surface area contributed by atoms with Crippen LogP contribution in [0.2, 0.25) is 0 Å². The fourth-order valence-corrected chi connectivity index (χ4v) is 2.26. The van der Waals surface area contributed by atoms with E-state index in [0.717, 1.165) is 27.8 Å². The van der Waals surface area contributed by atoms with Gasteiger partial charge in [-0.1, -0.05) is 6.07 Å². The van der Waals surface area contributed by atoms with Gasteiger partial charge in [-0.15, -0.1) is 0 Å². The number of hydrogen-bond donors (Lipinski definition) is 2. The summed E-state index contributed by atoms with van der Waals surface area (Å²) in [6.45, 7) is 2.76. The van der Waals surface area contributed by atoms with E-state index in [9.17, 15) is 0 Å². The van der Waals surface area contributed by atoms with Gasteiger partial charge in [-0.3, -0.25) is 9.67 Å². The Morgan fingerprint density at radius 1 is 1.25 bits per heavy atom. The number of pyridine rings is 1. The second-order valence-electron chi connectivity index (χ2n) is 4.86. The molecule has 1 aromatic carbocycles. The Morgan fingerprint density at radius 2 is 2.10 bits per heavy atom. The minimum atomic E-state index is 0.709. The van der Waals surface area contributed by atoms with E-state index in [1.807, 2.05) is 42.3 Å². The molecule has 2 heterocycles. The lowest BCUT2D eigenvalue weighted by molar-refractivity contribution is 0.738. The summed E-state index contributed by atoms with van der Waals surface area (Å²) in [5, 5.41) is 9.69. The molecular weight excluding hydrogens is 250 g/mol. The highest BCUT2D eigenvalue weighted by atomic mass is 15.3. The first-order valence-electron chi connectivity index (χ1n) is 6.50. The third kappa shape index (κ3) is 2.07. The second-order valence-corrected chi connectivity index (χ2v) is 4.86. The van der Waals surface area contributed by atoms with Gasteiger partial charge in [0.05, 0.1) is 17.6 Å². The van der Waals surface area contributed by atoms with Crippen LogP contribution in [0.5, 0.6) is 0 Å². The van der Waals surface area contributed by atoms with Crippen molar-refractivity contribution >= 4 is 22.1 Å². The number of aromatic nitrogens is 3. The molecule has 2 aromatic heterocycles. The summed E-state index contributed by atoms with van der Waals surface area (Å²) in [5.74, 6) is 0. The average Bonchev–Trinajstić information content (AvgIpc) is 2.79. The number of anilines is 2. The zero-order chi connectivity index (χ0) is 14.1. The van der Waals surface area contributed by atoms with Crippen LogP contribution in [0.1, 0.15) is 11.3 Å². The van der Waals surface area contributed by atoms with E-state index in [4.69, 9.17) is 5.73 Å². The molecule has 3 N–H and O–H groups in total. The second kappa shape index (κ2) is 4.85. The number of benzene rings is 1. The fraction of sp³-hybridized carbons (Fsp3) is 0.200. The predicted octanol–water partition coefficient (Wildman–Crippen LogP) is 2.47. The number of nitrogens with one attached hydrogen (secondary N) is 1. The van der Waals surface area contributed by atoms with Crippen LogP contribution >= 0.6 is 0 Å². The predicted molar refractivity (Wildman–Crippen MR) is 81.4 cm³/mol. The first-order chi connectivity index (χ1) is 9.66. The van der Waals surface area contributed by atoms with Crippen LogP contribution in [0.25, 0.3) is 10.8 Å². The van der Waals surface area contributed by atoms with E-state index in [-0.39, 0.29) is 0 Å². The Morgan fingerprint density at radius 3 is 2.85 bits per heavy atom. The van der Waals surface area contributed by atoms with Gasteiger partial charge >= 0.3 is 0 Å². The van der Waals surface area contributed by atoms with E-state index in [0.29, 0.717) is 6.54 Å². The van der Waals surface area contributed by atoms with E-state index < -0.39 is 0 Å². The smallest absolute Gasteiger partial charge is 0.0630 e. The van der Waals surface area contributed by atoms with E-state index in [2.05, 4.69) is 22.3 Å². The minimum Gasteiger partial charge on any atom is -0.397 e. The maximum atomic E-state index is 6.22. The van der Waals surface area contributed by atoms with Crippen LogP contribution in [0.15, 0.2) is 36.8 Å². The lowest BCUT2D eigenvalue weighted by Crippen LogP contribution is -2.04. The lowest BCUT2D eigenvalue weighted by atomic mass is 10.1. The minimum absolute atomic E-state index is 0.709. The van der Waals surface area contributed by atoms with Gasteiger partial charge in [0, 0.05) is 48.0 Å². The van der Waals surface area contributed by atoms with E-state index in [1.165, 1.54) is 5.56 Å². The van der Waals surface area contributed by atoms with Crippen LogP contribution in [0.4, 0.5) is 11.4 Å². The molecule has 0 saturated carbocycles. The number of aryl methyl sites for hydroxylation is 1. The molecule has 0 saturated heterocycles. The van der Waals surface area contributed by atoms with Crippen molar-refractivity contribution in [2.45, 2.75) is 13.5 Å². The summed E-state index contributed by atoms with van der Waals surface area (Å²) >= 11 is 0. The molecule has 3 aromatic rings. The van der Waals surface area contributed by atoms with Gasteiger partial charge in [-0.05, 0) is 19.1 Å². The summed E-state index contributed by atoms with van der Waals surface area (Å²) < 4.78 is 1.87. The van der Waals surface area contributed by atoms with Gasteiger partial charge in [0.2, 0.25) is 0 Å². The highest BCUT2D eigenvalue weighted by Gasteiger charge is 2.07. The van der Waals surface area contributed by atoms with E-state index >= 15 is 0 Å². The Labute approximate surface area is 117 Å². The van der Waals surface area contributed by atoms with Gasteiger partial charge in [0.25, 0.3) is 0 Å². The van der Waals surface area contributed by atoms with Gasteiger partial charge in [-0.2, -0.15) is 5.10 Å². The van der Waals surface area contributed by atoms with Crippen LogP contribution < -0.4 is 11.1 Å². The molecule has 5 heteroatoms. The van der Waals surface area contributed by atoms with Crippen LogP contribution in [0, 0.1) is 6.92 Å². The van der Waals surface area contributed by atoms with Gasteiger partial charge in [0.1, 0.15) is 0 Å². The fourth-order valence-electron chi connectivity index (χ4n) is 2.26. The molecule has 20 heavy (non-hydrogen) atoms. The van der Waals surface area contributed by atoms with Crippen molar-refractivity contribution in [3.63, 3.8) is 0 Å². The highest BCUT2D eigenvalue weighted by molar-refractivity contribution is 5.98. The molecule has 0 aliphatic heterocycles. The largest absolute Gasteiger partial charge is 0.397 e. The van der Waals surface area contributed by atoms with Crippen molar-refractivity contribution in [3.8, 4) is 0 Å². The SMILES string of the molecule is Cc1c(CNc2ccc3cnccc3c2N)cnn1C. The maximum absolute atomic E-state index is 6.22. The molecule has 0 aliphatic carbocycles. The quantitative estimate of drug-likeness (QED) is 0.715. The zero-order valence-corrected chi connectivity index (χ0v) is 11.6. The highest BCUT2D eigenvalue weighted by Crippen LogP contribution is 2.28. The molecular formula is C15H17N5. The normalized spacial score (nSPS) is 10.9. The number of nitrogens with two attached hydrogens (primary N) is 1. The molecule has 0 unspecified atom stereocenters. The van der Waals surface area contributed by atoms with Crippen molar-refractivity contribution in [2.75, 3.05) is 11.1 Å². The van der Waals surface area contributed by atoms with Crippen molar-refractivity contribution < 1.29 is 0 Å². The van der Waals surface area contributed by atoms with Gasteiger partial charge < -0.3 is 11.1 Å². The molecule has 102 valence electrons. The van der Waals surface area contributed by atoms with Crippen molar-refractivity contribution in [1.29, 1.82) is 0 Å². The molecule has 0 aliphatic rings. The summed E-state index contributed by atoms with van der Waals surface area (Å²) in [5.41, 5.74) is 10.2. The molecule has 0 amide bonds. The number of fused-ring (bicyclic) bond motifs is 1. The number of nitrogens with zero attached hydrogens (tertiary/aromatic N) is 3. The summed E-state index contributed by atoms with van der Waals surface area (Å²) in [6, 6.07) is 5.95. The standard InChI is InChI=1S/C15H17N5/c1-10-12(9-19-20(10)2)8-18-14-4-3-11-7-17-6-5-13(11)15(14)16/h3-7,9,18H,8,16H2,1-2H3. The summed E-state index contributed by atoms with van der Waals surface area (Å²) in [6.07, 6.45) is 5.46. The Bertz CT molecular complexity index is 760. The van der Waals surface area contributed by atoms with Crippen molar-refractivity contribution in [1.82, 2.24) is 14.8 Å². The lowest BCUT2D eigenvalue weighted by Gasteiger charge is -2.11. The Kier molecular flexibility index (Phi) is 3.02. The maximum Gasteiger partial charge on any atom is 0.0630 e. The Hall–Kier alpha value is -2.56. The Balaban J connectivity index is 1.88. The molecule has 0 radical (unpaired) electrons. The monoisotopic (exact) mass is 267 g/mol. The van der Waals surface area contributed by atoms with Crippen molar-refractivity contribution in [2.24, 2.45) is 7.05 Å². The van der Waals surface area contributed by atoms with Crippen molar-refractivity contribution in [3.05, 3.63) is 48.0 Å². The molecule has 0 spiro atoms. The van der Waals surface area contributed by atoms with Crippen LogP contribution in [0.3, 0.4) is 0 Å². The number of rotatable bonds is 3. The van der Waals surface area contributed by atoms with Gasteiger partial charge in [-0.25, -0.2) is 0 Å². The summed E-state index contributed by atoms with van der Waals surface area (Å²) in [7, 11) is 1.94. The first-order valence-corrected chi connectivity index (χ1v) is 6.50. The third-order valence-electron chi connectivity index (χ3n) is 3.67. The van der Waals surface area contributed by atoms with Crippen LogP contribution in [-0.4, -0.2) is 14.8 Å². The topological polar surface area (TPSA) is 68.8 Å². The first kappa shape index (κ1) is 12.5. The van der Waals surface area contributed by atoms with E-state index in [1.54, 1.807) is 6.20 Å². The zero-order valence-electron chi connectivity index (χ0n) is 11.6. The van der Waals surface area contributed by atoms with Crippen LogP contribution in [-0.2, 0) is 13.6 Å². The number of hydrogen-bond acceptors (Lipinski definition) is 4. The molecule has 0 atom stereocenters. The summed E-state index contributed by atoms with van der Waals surface area (Å²) in [4.78, 5) is 4.10. The number of nitrogen functional groups attached to an aromatic ring is 1. The average molecular weight is 267 g/mol. The molecule has 5 nitrogen and oxygen atoms in total. The molecule has 0 bridgehead atoms. The molecule has 0 fully saturated rings. The molecule has 3 rings (SSSR count).